The first-order valence-electron chi connectivity index (χ1n) is 10.2. The van der Waals surface area contributed by atoms with Gasteiger partial charge in [-0.2, -0.15) is 0 Å². The number of ether oxygens (including phenoxy) is 1. The van der Waals surface area contributed by atoms with Gasteiger partial charge in [0, 0.05) is 36.6 Å². The predicted octanol–water partition coefficient (Wildman–Crippen LogP) is 6.11. The Morgan fingerprint density at radius 1 is 1.03 bits per heavy atom. The molecule has 2 aliphatic heterocycles. The fourth-order valence-corrected chi connectivity index (χ4v) is 4.57. The highest BCUT2D eigenvalue weighted by molar-refractivity contribution is 9.10. The Morgan fingerprint density at radius 2 is 1.77 bits per heavy atom. The third-order valence-corrected chi connectivity index (χ3v) is 6.98. The van der Waals surface area contributed by atoms with E-state index in [9.17, 15) is 4.79 Å². The minimum Gasteiger partial charge on any atom is -0.492 e. The number of piperidine rings is 1. The molecule has 1 N–H and O–H groups in total. The Labute approximate surface area is 195 Å². The van der Waals surface area contributed by atoms with Crippen molar-refractivity contribution in [3.63, 3.8) is 0 Å². The number of hydrogen-bond acceptors (Lipinski definition) is 3. The lowest BCUT2D eigenvalue weighted by Crippen LogP contribution is -2.35. The topological polar surface area (TPSA) is 44.8 Å². The summed E-state index contributed by atoms with van der Waals surface area (Å²) in [4.78, 5) is 16.5. The van der Waals surface area contributed by atoms with E-state index in [2.05, 4.69) is 21.2 Å². The normalized spacial score (nSPS) is 19.4. The van der Waals surface area contributed by atoms with E-state index in [4.69, 9.17) is 27.9 Å². The van der Waals surface area contributed by atoms with E-state index in [0.29, 0.717) is 35.8 Å². The lowest BCUT2D eigenvalue weighted by Gasteiger charge is -2.23. The van der Waals surface area contributed by atoms with Crippen molar-refractivity contribution in [2.75, 3.05) is 36.0 Å². The van der Waals surface area contributed by atoms with Crippen molar-refractivity contribution in [3.05, 3.63) is 50.9 Å². The number of carbonyl (C=O) groups is 1. The van der Waals surface area contributed by atoms with Gasteiger partial charge in [0.1, 0.15) is 5.75 Å². The molecule has 2 saturated heterocycles. The fraction of sp³-hybridized carbons (Fsp3) is 0.409. The number of anilines is 2. The molecule has 1 unspecified atom stereocenters. The van der Waals surface area contributed by atoms with Gasteiger partial charge in [0.15, 0.2) is 0 Å². The zero-order valence-electron chi connectivity index (χ0n) is 16.5. The molecule has 2 aromatic rings. The summed E-state index contributed by atoms with van der Waals surface area (Å²) in [5.74, 6) is 0.754. The zero-order valence-corrected chi connectivity index (χ0v) is 19.6. The molecule has 8 heteroatoms. The number of halogens is 3. The van der Waals surface area contributed by atoms with Crippen LogP contribution in [0.2, 0.25) is 10.0 Å². The number of hydrogen-bond donors (Lipinski definition) is 1. The molecule has 0 radical (unpaired) electrons. The van der Waals surface area contributed by atoms with Gasteiger partial charge in [-0.25, -0.2) is 4.79 Å². The van der Waals surface area contributed by atoms with Crippen molar-refractivity contribution in [3.8, 4) is 5.75 Å². The van der Waals surface area contributed by atoms with Crippen molar-refractivity contribution in [1.29, 1.82) is 0 Å². The maximum Gasteiger partial charge on any atom is 0.329 e. The van der Waals surface area contributed by atoms with E-state index in [-0.39, 0.29) is 6.03 Å². The Morgan fingerprint density at radius 3 is 2.47 bits per heavy atom. The summed E-state index contributed by atoms with van der Waals surface area (Å²) >= 11 is 15.7. The van der Waals surface area contributed by atoms with Crippen LogP contribution in [0.15, 0.2) is 40.9 Å². The second-order valence-corrected chi connectivity index (χ2v) is 9.25. The van der Waals surface area contributed by atoms with E-state index in [0.717, 1.165) is 34.6 Å². The van der Waals surface area contributed by atoms with Crippen molar-refractivity contribution >= 4 is 56.5 Å². The highest BCUT2D eigenvalue weighted by Gasteiger charge is 2.31. The smallest absolute Gasteiger partial charge is 0.329 e. The van der Waals surface area contributed by atoms with Crippen LogP contribution in [0.3, 0.4) is 0 Å². The Balaban J connectivity index is 1.42. The summed E-state index contributed by atoms with van der Waals surface area (Å²) in [5.41, 5.74) is 1.56. The number of benzene rings is 2. The minimum atomic E-state index is -0.0898. The molecule has 1 atom stereocenters. The third kappa shape index (κ3) is 4.88. The van der Waals surface area contributed by atoms with Crippen LogP contribution < -0.4 is 19.9 Å². The van der Waals surface area contributed by atoms with Crippen LogP contribution >= 0.6 is 39.1 Å². The highest BCUT2D eigenvalue weighted by Crippen LogP contribution is 2.34. The second kappa shape index (κ2) is 9.77. The quantitative estimate of drug-likeness (QED) is 0.507. The summed E-state index contributed by atoms with van der Waals surface area (Å²) in [5, 5.41) is 4.45. The lowest BCUT2D eigenvalue weighted by atomic mass is 10.0. The van der Waals surface area contributed by atoms with E-state index in [1.807, 2.05) is 24.3 Å². The lowest BCUT2D eigenvalue weighted by molar-refractivity contribution is 0.255. The molecule has 4 rings (SSSR count). The van der Waals surface area contributed by atoms with Gasteiger partial charge in [0.05, 0.1) is 21.1 Å². The molecule has 5 nitrogen and oxygen atoms in total. The largest absolute Gasteiger partial charge is 0.492 e. The van der Waals surface area contributed by atoms with Crippen LogP contribution in [0.5, 0.6) is 5.75 Å². The molecule has 0 spiro atoms. The van der Waals surface area contributed by atoms with Gasteiger partial charge in [-0.3, -0.25) is 9.80 Å². The summed E-state index contributed by atoms with van der Waals surface area (Å²) in [7, 11) is 0. The summed E-state index contributed by atoms with van der Waals surface area (Å²) in [6.45, 7) is 2.90. The van der Waals surface area contributed by atoms with Gasteiger partial charge >= 0.3 is 6.03 Å². The maximum atomic E-state index is 13.0. The molecule has 160 valence electrons. The molecule has 2 aromatic carbocycles. The van der Waals surface area contributed by atoms with Crippen molar-refractivity contribution in [2.24, 2.45) is 0 Å². The third-order valence-electron chi connectivity index (χ3n) is 5.59. The summed E-state index contributed by atoms with van der Waals surface area (Å²) < 4.78 is 6.93. The van der Waals surface area contributed by atoms with Gasteiger partial charge in [-0.05, 0) is 72.1 Å². The van der Waals surface area contributed by atoms with Crippen molar-refractivity contribution < 1.29 is 9.53 Å². The Hall–Kier alpha value is -1.47. The molecule has 0 saturated carbocycles. The molecule has 2 amide bonds. The molecule has 30 heavy (non-hydrogen) atoms. The first-order valence-corrected chi connectivity index (χ1v) is 11.8. The van der Waals surface area contributed by atoms with Crippen LogP contribution in [0.25, 0.3) is 0 Å². The first-order chi connectivity index (χ1) is 14.5. The zero-order chi connectivity index (χ0) is 21.1. The highest BCUT2D eigenvalue weighted by atomic mass is 79.9. The average molecular weight is 513 g/mol. The van der Waals surface area contributed by atoms with E-state index >= 15 is 0 Å². The summed E-state index contributed by atoms with van der Waals surface area (Å²) in [6.07, 6.45) is 4.72. The molecule has 2 heterocycles. The van der Waals surface area contributed by atoms with E-state index in [1.54, 1.807) is 21.9 Å². The minimum absolute atomic E-state index is 0.0898. The van der Waals surface area contributed by atoms with Crippen LogP contribution in [0.4, 0.5) is 16.2 Å². The van der Waals surface area contributed by atoms with E-state index < -0.39 is 0 Å². The number of nitrogens with zero attached hydrogens (tertiary/aromatic N) is 2. The Bertz CT molecular complexity index is 921. The molecule has 2 fully saturated rings. The van der Waals surface area contributed by atoms with Crippen LogP contribution in [0, 0.1) is 0 Å². The van der Waals surface area contributed by atoms with Gasteiger partial charge in [0.25, 0.3) is 0 Å². The molecule has 0 aromatic heterocycles. The average Bonchev–Trinajstić information content (AvgIpc) is 3.13. The van der Waals surface area contributed by atoms with Crippen LogP contribution in [-0.2, 0) is 0 Å². The van der Waals surface area contributed by atoms with Gasteiger partial charge in [-0.15, -0.1) is 0 Å². The molecule has 0 bridgehead atoms. The standard InChI is InChI=1S/C22H24BrCl2N3O2/c23-18-6-4-17(14-21(18)30-12-8-15-3-1-2-9-26-15)28-11-10-27(22(28)29)16-5-7-19(24)20(25)13-16/h4-7,13-15,26H,1-3,8-12H2. The number of rotatable bonds is 6. The molecule has 0 aliphatic carbocycles. The molecular formula is C22H24BrCl2N3O2. The number of amides is 2. The first kappa shape index (κ1) is 21.8. The van der Waals surface area contributed by atoms with Gasteiger partial charge < -0.3 is 10.1 Å². The number of carbonyl (C=O) groups excluding carboxylic acids is 1. The maximum absolute atomic E-state index is 13.0. The molecule has 2 aliphatic rings. The second-order valence-electron chi connectivity index (χ2n) is 7.58. The number of urea groups is 1. The van der Waals surface area contributed by atoms with Gasteiger partial charge in [0.2, 0.25) is 0 Å². The van der Waals surface area contributed by atoms with Crippen LogP contribution in [-0.4, -0.2) is 38.3 Å². The van der Waals surface area contributed by atoms with Crippen LogP contribution in [0.1, 0.15) is 25.7 Å². The monoisotopic (exact) mass is 511 g/mol. The van der Waals surface area contributed by atoms with Crippen molar-refractivity contribution in [2.45, 2.75) is 31.7 Å². The summed E-state index contributed by atoms with van der Waals surface area (Å²) in [6, 6.07) is 11.5. The fourth-order valence-electron chi connectivity index (χ4n) is 3.92. The van der Waals surface area contributed by atoms with E-state index in [1.165, 1.54) is 19.3 Å². The SMILES string of the molecule is O=C1N(c2ccc(Cl)c(Cl)c2)CCN1c1ccc(Br)c(OCCC2CCCCN2)c1. The molecular weight excluding hydrogens is 489 g/mol. The Kier molecular flexibility index (Phi) is 7.08. The predicted molar refractivity (Wildman–Crippen MR) is 126 cm³/mol. The van der Waals surface area contributed by atoms with Crippen molar-refractivity contribution in [1.82, 2.24) is 5.32 Å². The van der Waals surface area contributed by atoms with Gasteiger partial charge in [-0.1, -0.05) is 29.6 Å². The number of nitrogens with one attached hydrogen (secondary N) is 1.